The predicted octanol–water partition coefficient (Wildman–Crippen LogP) is 0.705. The van der Waals surface area contributed by atoms with Gasteiger partial charge in [-0.25, -0.2) is 9.18 Å². The third-order valence-electron chi connectivity index (χ3n) is 1.72. The third kappa shape index (κ3) is 2.75. The lowest BCUT2D eigenvalue weighted by Crippen LogP contribution is -2.19. The number of hydrogen-bond acceptors (Lipinski definition) is 4. The molecule has 1 amide bonds. The van der Waals surface area contributed by atoms with Crippen molar-refractivity contribution < 1.29 is 13.9 Å². The van der Waals surface area contributed by atoms with Crippen molar-refractivity contribution in [2.75, 3.05) is 0 Å². The molecular weight excluding hydrogens is 201 g/mol. The molecule has 0 bridgehead atoms. The molecule has 0 aliphatic rings. The molecule has 80 valence electrons. The Morgan fingerprint density at radius 2 is 2.20 bits per heavy atom. The highest BCUT2D eigenvalue weighted by Gasteiger charge is 2.11. The van der Waals surface area contributed by atoms with Gasteiger partial charge >= 0.3 is 6.09 Å². The van der Waals surface area contributed by atoms with E-state index in [0.717, 1.165) is 0 Å². The van der Waals surface area contributed by atoms with Crippen LogP contribution in [0.25, 0.3) is 0 Å². The number of ether oxygens (including phenoxy) is 1. The first-order valence-electron chi connectivity index (χ1n) is 4.09. The molecule has 0 fully saturated rings. The summed E-state index contributed by atoms with van der Waals surface area (Å²) in [6.45, 7) is 0.196. The van der Waals surface area contributed by atoms with Crippen LogP contribution in [0.5, 0.6) is 0 Å². The maximum atomic E-state index is 13.3. The molecular formula is C9H10FN3O2. The quantitative estimate of drug-likeness (QED) is 0.495. The summed E-state index contributed by atoms with van der Waals surface area (Å²) in [5.41, 5.74) is 10.4. The number of hydrogen-bond donors (Lipinski definition) is 3. The topological polar surface area (TPSA) is 102 Å². The Bertz CT molecular complexity index is 406. The molecule has 0 atom stereocenters. The fraction of sp³-hybridized carbons (Fsp3) is 0.111. The number of nitrogens with one attached hydrogen (secondary N) is 1. The van der Waals surface area contributed by atoms with Crippen LogP contribution in [-0.2, 0) is 11.3 Å². The third-order valence-corrected chi connectivity index (χ3v) is 1.72. The van der Waals surface area contributed by atoms with E-state index >= 15 is 0 Å². The second kappa shape index (κ2) is 4.52. The van der Waals surface area contributed by atoms with Crippen LogP contribution < -0.4 is 11.5 Å². The molecule has 0 aliphatic carbocycles. The monoisotopic (exact) mass is 211 g/mol. The Hall–Kier alpha value is -1.95. The molecule has 6 heteroatoms. The van der Waals surface area contributed by atoms with Crippen LogP contribution in [0.4, 0.5) is 9.18 Å². The SMILES string of the molecule is N=C(OC(N)=O)c1ccc(CN)cc1F. The first-order chi connectivity index (χ1) is 7.04. The average molecular weight is 211 g/mol. The minimum atomic E-state index is -1.15. The first kappa shape index (κ1) is 11.1. The van der Waals surface area contributed by atoms with Crippen molar-refractivity contribution in [3.63, 3.8) is 0 Å². The molecule has 1 aromatic rings. The van der Waals surface area contributed by atoms with Gasteiger partial charge in [-0.1, -0.05) is 6.07 Å². The predicted molar refractivity (Wildman–Crippen MR) is 51.8 cm³/mol. The van der Waals surface area contributed by atoms with Crippen LogP contribution in [0.1, 0.15) is 11.1 Å². The molecule has 1 rings (SSSR count). The van der Waals surface area contributed by atoms with E-state index in [1.54, 1.807) is 0 Å². The Morgan fingerprint density at radius 3 is 2.67 bits per heavy atom. The van der Waals surface area contributed by atoms with Gasteiger partial charge in [0.1, 0.15) is 5.82 Å². The molecule has 0 spiro atoms. The van der Waals surface area contributed by atoms with Gasteiger partial charge in [0.25, 0.3) is 0 Å². The standard InChI is InChI=1S/C9H10FN3O2/c10-7-3-5(4-11)1-2-6(7)8(12)15-9(13)14/h1-3,12H,4,11H2,(H2,13,14). The van der Waals surface area contributed by atoms with Gasteiger partial charge in [0.05, 0.1) is 5.56 Å². The number of carbonyl (C=O) groups is 1. The maximum Gasteiger partial charge on any atom is 0.411 e. The smallest absolute Gasteiger partial charge is 0.391 e. The van der Waals surface area contributed by atoms with Gasteiger partial charge in [-0.3, -0.25) is 5.41 Å². The van der Waals surface area contributed by atoms with E-state index in [9.17, 15) is 9.18 Å². The van der Waals surface area contributed by atoms with Crippen molar-refractivity contribution in [2.45, 2.75) is 6.54 Å². The van der Waals surface area contributed by atoms with E-state index in [2.05, 4.69) is 4.74 Å². The molecule has 1 aromatic carbocycles. The number of halogens is 1. The van der Waals surface area contributed by atoms with Gasteiger partial charge in [-0.15, -0.1) is 0 Å². The van der Waals surface area contributed by atoms with Crippen molar-refractivity contribution in [1.82, 2.24) is 0 Å². The van der Waals surface area contributed by atoms with Gasteiger partial charge in [-0.05, 0) is 17.7 Å². The van der Waals surface area contributed by atoms with Crippen molar-refractivity contribution in [3.05, 3.63) is 35.1 Å². The van der Waals surface area contributed by atoms with Crippen molar-refractivity contribution in [2.24, 2.45) is 11.5 Å². The Morgan fingerprint density at radius 1 is 1.53 bits per heavy atom. The van der Waals surface area contributed by atoms with Gasteiger partial charge < -0.3 is 16.2 Å². The normalized spacial score (nSPS) is 9.73. The summed E-state index contributed by atoms with van der Waals surface area (Å²) < 4.78 is 17.6. The van der Waals surface area contributed by atoms with Crippen LogP contribution in [0, 0.1) is 11.2 Å². The summed E-state index contributed by atoms with van der Waals surface area (Å²) in [5.74, 6) is -1.30. The van der Waals surface area contributed by atoms with E-state index in [1.165, 1.54) is 18.2 Å². The number of nitrogens with two attached hydrogens (primary N) is 2. The molecule has 0 radical (unpaired) electrons. The zero-order valence-corrected chi connectivity index (χ0v) is 7.79. The average Bonchev–Trinajstić information content (AvgIpc) is 2.16. The number of carbonyl (C=O) groups excluding carboxylic acids is 1. The highest BCUT2D eigenvalue weighted by molar-refractivity contribution is 5.98. The number of amides is 1. The van der Waals surface area contributed by atoms with E-state index in [1.807, 2.05) is 0 Å². The summed E-state index contributed by atoms with van der Waals surface area (Å²) in [4.78, 5) is 10.3. The van der Waals surface area contributed by atoms with Crippen molar-refractivity contribution in [1.29, 1.82) is 5.41 Å². The Kier molecular flexibility index (Phi) is 3.35. The highest BCUT2D eigenvalue weighted by atomic mass is 19.1. The fourth-order valence-electron chi connectivity index (χ4n) is 1.03. The van der Waals surface area contributed by atoms with Crippen LogP contribution in [0.3, 0.4) is 0 Å². The van der Waals surface area contributed by atoms with E-state index < -0.39 is 17.8 Å². The zero-order chi connectivity index (χ0) is 11.4. The van der Waals surface area contributed by atoms with Gasteiger partial charge in [0.15, 0.2) is 0 Å². The summed E-state index contributed by atoms with van der Waals surface area (Å²) in [6.07, 6.45) is -1.15. The number of primary amides is 1. The molecule has 0 saturated carbocycles. The molecule has 0 saturated heterocycles. The summed E-state index contributed by atoms with van der Waals surface area (Å²) in [6, 6.07) is 4.02. The van der Waals surface area contributed by atoms with Crippen LogP contribution in [0.15, 0.2) is 18.2 Å². The summed E-state index contributed by atoms with van der Waals surface area (Å²) >= 11 is 0. The molecule has 0 unspecified atom stereocenters. The number of benzene rings is 1. The minimum Gasteiger partial charge on any atom is -0.391 e. The molecule has 0 aromatic heterocycles. The van der Waals surface area contributed by atoms with Crippen LogP contribution in [0.2, 0.25) is 0 Å². The van der Waals surface area contributed by atoms with Gasteiger partial charge in [0, 0.05) is 6.54 Å². The highest BCUT2D eigenvalue weighted by Crippen LogP contribution is 2.11. The van der Waals surface area contributed by atoms with E-state index in [-0.39, 0.29) is 12.1 Å². The van der Waals surface area contributed by atoms with E-state index in [0.29, 0.717) is 5.56 Å². The second-order valence-corrected chi connectivity index (χ2v) is 2.77. The molecule has 0 heterocycles. The minimum absolute atomic E-state index is 0.133. The maximum absolute atomic E-state index is 13.3. The molecule has 5 nitrogen and oxygen atoms in total. The van der Waals surface area contributed by atoms with E-state index in [4.69, 9.17) is 16.9 Å². The van der Waals surface area contributed by atoms with Crippen molar-refractivity contribution in [3.8, 4) is 0 Å². The first-order valence-corrected chi connectivity index (χ1v) is 4.09. The zero-order valence-electron chi connectivity index (χ0n) is 7.79. The number of rotatable bonds is 2. The lowest BCUT2D eigenvalue weighted by molar-refractivity contribution is 0.207. The van der Waals surface area contributed by atoms with Gasteiger partial charge in [0.2, 0.25) is 5.90 Å². The molecule has 5 N–H and O–H groups in total. The second-order valence-electron chi connectivity index (χ2n) is 2.77. The summed E-state index contributed by atoms with van der Waals surface area (Å²) in [7, 11) is 0. The van der Waals surface area contributed by atoms with Crippen LogP contribution >= 0.6 is 0 Å². The van der Waals surface area contributed by atoms with Crippen LogP contribution in [-0.4, -0.2) is 12.0 Å². The molecule has 15 heavy (non-hydrogen) atoms. The van der Waals surface area contributed by atoms with Crippen molar-refractivity contribution >= 4 is 12.0 Å². The largest absolute Gasteiger partial charge is 0.411 e. The lowest BCUT2D eigenvalue weighted by atomic mass is 10.1. The fourth-order valence-corrected chi connectivity index (χ4v) is 1.03. The lowest BCUT2D eigenvalue weighted by Gasteiger charge is -2.05. The Balaban J connectivity index is 2.95. The van der Waals surface area contributed by atoms with Gasteiger partial charge in [-0.2, -0.15) is 0 Å². The Labute approximate surface area is 85.3 Å². The summed E-state index contributed by atoms with van der Waals surface area (Å²) in [5, 5.41) is 7.23. The molecule has 0 aliphatic heterocycles.